The van der Waals surface area contributed by atoms with Crippen molar-refractivity contribution in [1.82, 2.24) is 15.0 Å². The number of nitrogen functional groups attached to an aromatic ring is 1. The first kappa shape index (κ1) is 17.3. The second-order valence-electron chi connectivity index (χ2n) is 5.93. The Morgan fingerprint density at radius 2 is 1.74 bits per heavy atom. The van der Waals surface area contributed by atoms with Gasteiger partial charge in [-0.2, -0.15) is 0 Å². The zero-order valence-electron chi connectivity index (χ0n) is 14.9. The van der Waals surface area contributed by atoms with Crippen LogP contribution in [0.3, 0.4) is 0 Å². The Bertz CT molecular complexity index is 1060. The van der Waals surface area contributed by atoms with Gasteiger partial charge in [0.25, 0.3) is 0 Å². The van der Waals surface area contributed by atoms with E-state index in [0.29, 0.717) is 5.69 Å². The van der Waals surface area contributed by atoms with Crippen molar-refractivity contribution in [3.8, 4) is 0 Å². The third-order valence-electron chi connectivity index (χ3n) is 4.27. The van der Waals surface area contributed by atoms with Gasteiger partial charge < -0.3 is 10.6 Å². The Hall–Kier alpha value is -3.12. The van der Waals surface area contributed by atoms with Crippen molar-refractivity contribution in [2.75, 3.05) is 17.2 Å². The molecule has 0 unspecified atom stereocenters. The zero-order valence-corrected chi connectivity index (χ0v) is 15.7. The van der Waals surface area contributed by atoms with Crippen LogP contribution in [0.4, 0.5) is 17.2 Å². The van der Waals surface area contributed by atoms with E-state index in [2.05, 4.69) is 38.9 Å². The largest absolute Gasteiger partial charge is 0.394 e. The zero-order chi connectivity index (χ0) is 18.6. The van der Waals surface area contributed by atoms with E-state index in [4.69, 9.17) is 5.73 Å². The number of fused-ring (bicyclic) bond motifs is 1. The van der Waals surface area contributed by atoms with E-state index in [1.807, 2.05) is 48.5 Å². The van der Waals surface area contributed by atoms with E-state index in [1.165, 1.54) is 11.8 Å². The molecular formula is C21H19N5S. The normalized spacial score (nSPS) is 10.9. The standard InChI is InChI=1S/C21H19N5S/c1-2-26(16-10-4-3-5-11-16)20-18(22)21(25-14-24-20)27-17-12-6-8-15-9-7-13-23-19(15)17/h3-14H,2,22H2,1H3. The van der Waals surface area contributed by atoms with Gasteiger partial charge in [-0.15, -0.1) is 0 Å². The maximum Gasteiger partial charge on any atom is 0.160 e. The molecule has 0 aliphatic rings. The lowest BCUT2D eigenvalue weighted by Gasteiger charge is -2.24. The Morgan fingerprint density at radius 1 is 0.926 bits per heavy atom. The van der Waals surface area contributed by atoms with Crippen molar-refractivity contribution in [2.45, 2.75) is 16.8 Å². The maximum atomic E-state index is 6.48. The van der Waals surface area contributed by atoms with Crippen molar-refractivity contribution < 1.29 is 0 Å². The van der Waals surface area contributed by atoms with Crippen molar-refractivity contribution >= 4 is 39.9 Å². The Kier molecular flexibility index (Phi) is 4.89. The summed E-state index contributed by atoms with van der Waals surface area (Å²) in [5.41, 5.74) is 9.05. The molecule has 2 aromatic carbocycles. The lowest BCUT2D eigenvalue weighted by molar-refractivity contribution is 0.955. The van der Waals surface area contributed by atoms with Crippen LogP contribution in [-0.2, 0) is 0 Å². The van der Waals surface area contributed by atoms with Gasteiger partial charge in [0.1, 0.15) is 17.0 Å². The van der Waals surface area contributed by atoms with Crippen LogP contribution >= 0.6 is 11.8 Å². The summed E-state index contributed by atoms with van der Waals surface area (Å²) in [6.45, 7) is 2.83. The van der Waals surface area contributed by atoms with E-state index in [9.17, 15) is 0 Å². The predicted octanol–water partition coefficient (Wildman–Crippen LogP) is 4.92. The van der Waals surface area contributed by atoms with Crippen LogP contribution < -0.4 is 10.6 Å². The molecule has 4 aromatic rings. The number of anilines is 3. The summed E-state index contributed by atoms with van der Waals surface area (Å²) >= 11 is 1.52. The summed E-state index contributed by atoms with van der Waals surface area (Å²) in [5.74, 6) is 0.717. The van der Waals surface area contributed by atoms with Gasteiger partial charge in [-0.25, -0.2) is 9.97 Å². The fourth-order valence-electron chi connectivity index (χ4n) is 2.99. The van der Waals surface area contributed by atoms with Crippen molar-refractivity contribution in [3.63, 3.8) is 0 Å². The van der Waals surface area contributed by atoms with E-state index in [0.717, 1.165) is 38.9 Å². The number of aromatic nitrogens is 3. The highest BCUT2D eigenvalue weighted by Gasteiger charge is 2.17. The first-order chi connectivity index (χ1) is 13.3. The molecular weight excluding hydrogens is 354 g/mol. The molecule has 0 saturated heterocycles. The summed E-state index contributed by atoms with van der Waals surface area (Å²) in [6, 6.07) is 20.2. The van der Waals surface area contributed by atoms with Gasteiger partial charge in [0, 0.05) is 28.7 Å². The maximum absolute atomic E-state index is 6.48. The molecule has 0 radical (unpaired) electrons. The summed E-state index contributed by atoms with van der Waals surface area (Å²) in [7, 11) is 0. The molecule has 0 aliphatic heterocycles. The fraction of sp³-hybridized carbons (Fsp3) is 0.0952. The van der Waals surface area contributed by atoms with Gasteiger partial charge >= 0.3 is 0 Å². The van der Waals surface area contributed by atoms with Crippen LogP contribution in [0.5, 0.6) is 0 Å². The number of hydrogen-bond donors (Lipinski definition) is 1. The van der Waals surface area contributed by atoms with Gasteiger partial charge in [0.05, 0.1) is 5.52 Å². The van der Waals surface area contributed by atoms with Crippen LogP contribution in [0.15, 0.2) is 83.1 Å². The predicted molar refractivity (Wildman–Crippen MR) is 111 cm³/mol. The number of rotatable bonds is 5. The fourth-order valence-corrected chi connectivity index (χ4v) is 3.92. The molecule has 27 heavy (non-hydrogen) atoms. The first-order valence-corrected chi connectivity index (χ1v) is 9.54. The van der Waals surface area contributed by atoms with Crippen LogP contribution in [0.2, 0.25) is 0 Å². The lowest BCUT2D eigenvalue weighted by Crippen LogP contribution is -2.19. The highest BCUT2D eigenvalue weighted by atomic mass is 32.2. The quantitative estimate of drug-likeness (QED) is 0.501. The van der Waals surface area contributed by atoms with E-state index >= 15 is 0 Å². The molecule has 0 bridgehead atoms. The SMILES string of the molecule is CCN(c1ccccc1)c1ncnc(Sc2cccc3cccnc23)c1N. The summed E-state index contributed by atoms with van der Waals surface area (Å²) in [4.78, 5) is 16.5. The third-order valence-corrected chi connectivity index (χ3v) is 5.34. The lowest BCUT2D eigenvalue weighted by atomic mass is 10.2. The van der Waals surface area contributed by atoms with Gasteiger partial charge in [-0.3, -0.25) is 4.98 Å². The molecule has 0 amide bonds. The van der Waals surface area contributed by atoms with Gasteiger partial charge in [-0.05, 0) is 31.2 Å². The Labute approximate surface area is 162 Å². The molecule has 6 heteroatoms. The van der Waals surface area contributed by atoms with Gasteiger partial charge in [0.15, 0.2) is 5.82 Å². The molecule has 2 heterocycles. The van der Waals surface area contributed by atoms with Crippen LogP contribution in [0.25, 0.3) is 10.9 Å². The minimum atomic E-state index is 0.570. The molecule has 0 saturated carbocycles. The minimum absolute atomic E-state index is 0.570. The number of nitrogens with zero attached hydrogens (tertiary/aromatic N) is 4. The highest BCUT2D eigenvalue weighted by Crippen LogP contribution is 2.38. The number of pyridine rings is 1. The van der Waals surface area contributed by atoms with E-state index in [1.54, 1.807) is 12.5 Å². The second kappa shape index (κ2) is 7.63. The summed E-state index contributed by atoms with van der Waals surface area (Å²) < 4.78 is 0. The molecule has 0 atom stereocenters. The van der Waals surface area contributed by atoms with Crippen molar-refractivity contribution in [1.29, 1.82) is 0 Å². The van der Waals surface area contributed by atoms with Crippen molar-refractivity contribution in [2.24, 2.45) is 0 Å². The molecule has 4 rings (SSSR count). The minimum Gasteiger partial charge on any atom is -0.394 e. The Morgan fingerprint density at radius 3 is 2.56 bits per heavy atom. The molecule has 0 aliphatic carbocycles. The number of nitrogens with two attached hydrogens (primary N) is 1. The third kappa shape index (κ3) is 3.44. The number of benzene rings is 2. The molecule has 2 aromatic heterocycles. The average Bonchev–Trinajstić information content (AvgIpc) is 2.72. The molecule has 5 nitrogen and oxygen atoms in total. The molecule has 0 fully saturated rings. The summed E-state index contributed by atoms with van der Waals surface area (Å²) in [6.07, 6.45) is 3.37. The van der Waals surface area contributed by atoms with Crippen LogP contribution in [0.1, 0.15) is 6.92 Å². The highest BCUT2D eigenvalue weighted by molar-refractivity contribution is 7.99. The summed E-state index contributed by atoms with van der Waals surface area (Å²) in [5, 5.41) is 1.82. The smallest absolute Gasteiger partial charge is 0.160 e. The number of hydrogen-bond acceptors (Lipinski definition) is 6. The van der Waals surface area contributed by atoms with E-state index in [-0.39, 0.29) is 0 Å². The number of para-hydroxylation sites is 2. The van der Waals surface area contributed by atoms with Crippen LogP contribution in [-0.4, -0.2) is 21.5 Å². The second-order valence-corrected chi connectivity index (χ2v) is 6.96. The topological polar surface area (TPSA) is 67.9 Å². The van der Waals surface area contributed by atoms with E-state index < -0.39 is 0 Å². The van der Waals surface area contributed by atoms with Gasteiger partial charge in [0.2, 0.25) is 0 Å². The van der Waals surface area contributed by atoms with Gasteiger partial charge in [-0.1, -0.05) is 48.2 Å². The molecule has 2 N–H and O–H groups in total. The monoisotopic (exact) mass is 373 g/mol. The molecule has 134 valence electrons. The molecule has 0 spiro atoms. The van der Waals surface area contributed by atoms with Crippen molar-refractivity contribution in [3.05, 3.63) is 73.2 Å². The van der Waals surface area contributed by atoms with Crippen LogP contribution in [0, 0.1) is 0 Å². The Balaban J connectivity index is 1.74. The first-order valence-electron chi connectivity index (χ1n) is 8.72. The average molecular weight is 373 g/mol.